The fraction of sp³-hybridized carbons (Fsp3) is 0.0870. The Morgan fingerprint density at radius 1 is 1.00 bits per heavy atom. The van der Waals surface area contributed by atoms with E-state index < -0.39 is 5.63 Å². The molecule has 0 N–H and O–H groups in total. The molecule has 0 aliphatic carbocycles. The standard InChI is InChI=1S/C23H15ClFNO3/c24-20-10-18-17(14-5-2-1-3-6-14)11-21(27)29-22(18)19-12-26(13-28-23(19)20)16-8-4-7-15(25)9-16/h1-11H,12-13H2. The number of benzene rings is 3. The first-order valence-corrected chi connectivity index (χ1v) is 9.46. The normalized spacial score (nSPS) is 13.2. The highest BCUT2D eigenvalue weighted by Crippen LogP contribution is 2.41. The molecular formula is C23H15ClFNO3. The molecular weight excluding hydrogens is 393 g/mol. The highest BCUT2D eigenvalue weighted by molar-refractivity contribution is 6.33. The van der Waals surface area contributed by atoms with Crippen LogP contribution in [0.2, 0.25) is 5.02 Å². The van der Waals surface area contributed by atoms with Gasteiger partial charge < -0.3 is 14.1 Å². The third-order valence-electron chi connectivity index (χ3n) is 5.01. The molecule has 0 spiro atoms. The second-order valence-electron chi connectivity index (χ2n) is 6.84. The summed E-state index contributed by atoms with van der Waals surface area (Å²) >= 11 is 6.52. The van der Waals surface area contributed by atoms with Crippen molar-refractivity contribution in [2.75, 3.05) is 11.6 Å². The third kappa shape index (κ3) is 3.13. The van der Waals surface area contributed by atoms with Gasteiger partial charge in [-0.25, -0.2) is 9.18 Å². The fourth-order valence-electron chi connectivity index (χ4n) is 3.68. The molecule has 0 fully saturated rings. The highest BCUT2D eigenvalue weighted by atomic mass is 35.5. The van der Waals surface area contributed by atoms with Crippen molar-refractivity contribution in [1.82, 2.24) is 0 Å². The van der Waals surface area contributed by atoms with E-state index in [1.54, 1.807) is 18.2 Å². The van der Waals surface area contributed by atoms with Crippen LogP contribution in [0.25, 0.3) is 22.1 Å². The van der Waals surface area contributed by atoms with Crippen LogP contribution in [-0.4, -0.2) is 6.73 Å². The van der Waals surface area contributed by atoms with Crippen LogP contribution in [0, 0.1) is 5.82 Å². The smallest absolute Gasteiger partial charge is 0.336 e. The van der Waals surface area contributed by atoms with Gasteiger partial charge in [-0.15, -0.1) is 0 Å². The number of halogens is 2. The van der Waals surface area contributed by atoms with Gasteiger partial charge in [0.25, 0.3) is 0 Å². The van der Waals surface area contributed by atoms with Crippen LogP contribution in [0.15, 0.2) is 75.9 Å². The summed E-state index contributed by atoms with van der Waals surface area (Å²) in [6.45, 7) is 0.585. The van der Waals surface area contributed by atoms with Crippen LogP contribution < -0.4 is 15.3 Å². The summed E-state index contributed by atoms with van der Waals surface area (Å²) in [5.41, 5.74) is 2.94. The van der Waals surface area contributed by atoms with Gasteiger partial charge in [0.15, 0.2) is 6.73 Å². The summed E-state index contributed by atoms with van der Waals surface area (Å²) in [4.78, 5) is 14.2. The lowest BCUT2D eigenvalue weighted by Crippen LogP contribution is -2.32. The molecule has 6 heteroatoms. The molecule has 4 aromatic rings. The minimum Gasteiger partial charge on any atom is -0.471 e. The second-order valence-corrected chi connectivity index (χ2v) is 7.25. The molecule has 0 radical (unpaired) electrons. The number of rotatable bonds is 2. The van der Waals surface area contributed by atoms with Crippen LogP contribution in [-0.2, 0) is 6.54 Å². The van der Waals surface area contributed by atoms with E-state index in [1.165, 1.54) is 18.2 Å². The van der Waals surface area contributed by atoms with Crippen molar-refractivity contribution in [2.24, 2.45) is 0 Å². The molecule has 0 amide bonds. The van der Waals surface area contributed by atoms with Crippen LogP contribution in [0.1, 0.15) is 5.56 Å². The number of hydrogen-bond acceptors (Lipinski definition) is 4. The zero-order valence-electron chi connectivity index (χ0n) is 15.2. The monoisotopic (exact) mass is 407 g/mol. The van der Waals surface area contributed by atoms with Gasteiger partial charge in [0.2, 0.25) is 0 Å². The molecule has 5 rings (SSSR count). The van der Waals surface area contributed by atoms with Crippen LogP contribution in [0.5, 0.6) is 5.75 Å². The predicted molar refractivity (Wildman–Crippen MR) is 111 cm³/mol. The topological polar surface area (TPSA) is 42.7 Å². The van der Waals surface area contributed by atoms with Crippen molar-refractivity contribution in [3.05, 3.63) is 93.6 Å². The van der Waals surface area contributed by atoms with Crippen molar-refractivity contribution >= 4 is 28.3 Å². The summed E-state index contributed by atoms with van der Waals surface area (Å²) in [7, 11) is 0. The van der Waals surface area contributed by atoms with E-state index in [9.17, 15) is 9.18 Å². The number of nitrogens with zero attached hydrogens (tertiary/aromatic N) is 1. The van der Waals surface area contributed by atoms with E-state index in [0.29, 0.717) is 34.2 Å². The van der Waals surface area contributed by atoms with E-state index in [0.717, 1.165) is 16.5 Å². The third-order valence-corrected chi connectivity index (χ3v) is 5.29. The first-order valence-electron chi connectivity index (χ1n) is 9.08. The van der Waals surface area contributed by atoms with Crippen LogP contribution in [0.3, 0.4) is 0 Å². The molecule has 144 valence electrons. The Labute approximate surface area is 170 Å². The van der Waals surface area contributed by atoms with Gasteiger partial charge >= 0.3 is 5.63 Å². The summed E-state index contributed by atoms with van der Waals surface area (Å²) in [5.74, 6) is 0.155. The average molecular weight is 408 g/mol. The highest BCUT2D eigenvalue weighted by Gasteiger charge is 2.26. The zero-order valence-corrected chi connectivity index (χ0v) is 15.9. The molecule has 0 bridgehead atoms. The number of ether oxygens (including phenoxy) is 1. The SMILES string of the molecule is O=c1cc(-c2ccccc2)c2cc(Cl)c3c(c2o1)CN(c1cccc(F)c1)CO3. The maximum Gasteiger partial charge on any atom is 0.336 e. The van der Waals surface area contributed by atoms with Crippen LogP contribution in [0.4, 0.5) is 10.1 Å². The van der Waals surface area contributed by atoms with E-state index in [1.807, 2.05) is 35.2 Å². The molecule has 1 aliphatic heterocycles. The molecule has 1 aliphatic rings. The molecule has 0 saturated carbocycles. The van der Waals surface area contributed by atoms with Crippen LogP contribution >= 0.6 is 11.6 Å². The van der Waals surface area contributed by atoms with E-state index in [2.05, 4.69) is 0 Å². The van der Waals surface area contributed by atoms with Crippen molar-refractivity contribution < 1.29 is 13.5 Å². The fourth-order valence-corrected chi connectivity index (χ4v) is 3.96. The molecule has 0 unspecified atom stereocenters. The van der Waals surface area contributed by atoms with E-state index >= 15 is 0 Å². The lowest BCUT2D eigenvalue weighted by atomic mass is 9.99. The van der Waals surface area contributed by atoms with Crippen molar-refractivity contribution in [3.63, 3.8) is 0 Å². The molecule has 0 atom stereocenters. The minimum absolute atomic E-state index is 0.213. The Hall–Kier alpha value is -3.31. The predicted octanol–water partition coefficient (Wildman–Crippen LogP) is 5.61. The number of hydrogen-bond donors (Lipinski definition) is 0. The maximum atomic E-state index is 13.7. The first-order chi connectivity index (χ1) is 14.1. The molecule has 2 heterocycles. The quantitative estimate of drug-likeness (QED) is 0.405. The largest absolute Gasteiger partial charge is 0.471 e. The molecule has 29 heavy (non-hydrogen) atoms. The van der Waals surface area contributed by atoms with Crippen molar-refractivity contribution in [1.29, 1.82) is 0 Å². The number of anilines is 1. The van der Waals surface area contributed by atoms with Gasteiger partial charge in [0.05, 0.1) is 17.1 Å². The van der Waals surface area contributed by atoms with Crippen molar-refractivity contribution in [2.45, 2.75) is 6.54 Å². The Bertz CT molecular complexity index is 1290. The van der Waals surface area contributed by atoms with Gasteiger partial charge in [0.1, 0.15) is 17.1 Å². The summed E-state index contributed by atoms with van der Waals surface area (Å²) < 4.78 is 25.1. The van der Waals surface area contributed by atoms with E-state index in [4.69, 9.17) is 20.8 Å². The molecule has 1 aromatic heterocycles. The van der Waals surface area contributed by atoms with Gasteiger partial charge in [-0.05, 0) is 35.4 Å². The first kappa shape index (κ1) is 17.8. The maximum absolute atomic E-state index is 13.7. The molecule has 4 nitrogen and oxygen atoms in total. The Balaban J connectivity index is 1.71. The average Bonchev–Trinajstić information content (AvgIpc) is 2.74. The molecule has 3 aromatic carbocycles. The lowest BCUT2D eigenvalue weighted by molar-refractivity contribution is 0.289. The van der Waals surface area contributed by atoms with E-state index in [-0.39, 0.29) is 12.5 Å². The lowest BCUT2D eigenvalue weighted by Gasteiger charge is -2.31. The van der Waals surface area contributed by atoms with Gasteiger partial charge in [-0.1, -0.05) is 48.0 Å². The second kappa shape index (κ2) is 6.94. The van der Waals surface area contributed by atoms with Gasteiger partial charge in [-0.2, -0.15) is 0 Å². The Morgan fingerprint density at radius 3 is 2.62 bits per heavy atom. The van der Waals surface area contributed by atoms with Gasteiger partial charge in [-0.3, -0.25) is 0 Å². The summed E-state index contributed by atoms with van der Waals surface area (Å²) in [6.07, 6.45) is 0. The Morgan fingerprint density at radius 2 is 1.83 bits per heavy atom. The summed E-state index contributed by atoms with van der Waals surface area (Å²) in [6, 6.07) is 19.1. The molecule has 0 saturated heterocycles. The summed E-state index contributed by atoms with van der Waals surface area (Å²) in [5, 5.41) is 1.17. The Kier molecular flexibility index (Phi) is 4.25. The van der Waals surface area contributed by atoms with Crippen molar-refractivity contribution in [3.8, 4) is 16.9 Å². The zero-order chi connectivity index (χ0) is 20.0. The number of fused-ring (bicyclic) bond motifs is 3. The van der Waals surface area contributed by atoms with Gasteiger partial charge in [0, 0.05) is 17.1 Å². The minimum atomic E-state index is -0.455.